The fourth-order valence-corrected chi connectivity index (χ4v) is 2.75. The highest BCUT2D eigenvalue weighted by atomic mass is 16.2. The molecule has 1 atom stereocenters. The van der Waals surface area contributed by atoms with Crippen molar-refractivity contribution in [3.63, 3.8) is 0 Å². The minimum atomic E-state index is -0.118. The first kappa shape index (κ1) is 17.3. The van der Waals surface area contributed by atoms with Gasteiger partial charge in [0.1, 0.15) is 0 Å². The van der Waals surface area contributed by atoms with Crippen molar-refractivity contribution in [1.29, 1.82) is 0 Å². The van der Waals surface area contributed by atoms with Crippen LogP contribution in [0, 0.1) is 12.8 Å². The van der Waals surface area contributed by atoms with Crippen molar-refractivity contribution in [2.45, 2.75) is 46.2 Å². The van der Waals surface area contributed by atoms with Crippen LogP contribution >= 0.6 is 0 Å². The SMILES string of the molecule is Cc1ccc(CNC(=O)C2CCCN(C(=O)NC(C)C)C2)cc1. The lowest BCUT2D eigenvalue weighted by Gasteiger charge is -2.32. The van der Waals surface area contributed by atoms with Gasteiger partial charge in [-0.25, -0.2) is 4.79 Å². The summed E-state index contributed by atoms with van der Waals surface area (Å²) < 4.78 is 0. The number of nitrogens with zero attached hydrogens (tertiary/aromatic N) is 1. The number of nitrogens with one attached hydrogen (secondary N) is 2. The van der Waals surface area contributed by atoms with E-state index >= 15 is 0 Å². The second-order valence-corrected chi connectivity index (χ2v) is 6.59. The van der Waals surface area contributed by atoms with Crippen LogP contribution in [0.2, 0.25) is 0 Å². The Hall–Kier alpha value is -2.04. The average molecular weight is 317 g/mol. The Morgan fingerprint density at radius 1 is 1.26 bits per heavy atom. The number of carbonyl (C=O) groups is 2. The molecule has 5 heteroatoms. The molecule has 1 saturated heterocycles. The number of piperidine rings is 1. The van der Waals surface area contributed by atoms with Gasteiger partial charge in [-0.2, -0.15) is 0 Å². The molecule has 1 aliphatic heterocycles. The van der Waals surface area contributed by atoms with E-state index in [4.69, 9.17) is 0 Å². The summed E-state index contributed by atoms with van der Waals surface area (Å²) in [5.41, 5.74) is 2.30. The van der Waals surface area contributed by atoms with Crippen LogP contribution in [-0.4, -0.2) is 36.0 Å². The van der Waals surface area contributed by atoms with Gasteiger partial charge in [-0.15, -0.1) is 0 Å². The summed E-state index contributed by atoms with van der Waals surface area (Å²) in [6.07, 6.45) is 1.71. The van der Waals surface area contributed by atoms with Crippen LogP contribution in [0.15, 0.2) is 24.3 Å². The van der Waals surface area contributed by atoms with Crippen LogP contribution in [0.4, 0.5) is 4.79 Å². The molecule has 5 nitrogen and oxygen atoms in total. The van der Waals surface area contributed by atoms with Crippen molar-refractivity contribution >= 4 is 11.9 Å². The van der Waals surface area contributed by atoms with E-state index in [9.17, 15) is 9.59 Å². The summed E-state index contributed by atoms with van der Waals surface area (Å²) in [4.78, 5) is 26.2. The van der Waals surface area contributed by atoms with Gasteiger partial charge >= 0.3 is 6.03 Å². The van der Waals surface area contributed by atoms with Crippen LogP contribution in [-0.2, 0) is 11.3 Å². The summed E-state index contributed by atoms with van der Waals surface area (Å²) in [5.74, 6) is -0.0836. The lowest BCUT2D eigenvalue weighted by molar-refractivity contribution is -0.126. The lowest BCUT2D eigenvalue weighted by Crippen LogP contribution is -2.50. The third-order valence-corrected chi connectivity index (χ3v) is 4.08. The maximum absolute atomic E-state index is 12.4. The second-order valence-electron chi connectivity index (χ2n) is 6.59. The van der Waals surface area contributed by atoms with Crippen molar-refractivity contribution < 1.29 is 9.59 Å². The Morgan fingerprint density at radius 2 is 1.96 bits per heavy atom. The van der Waals surface area contributed by atoms with Gasteiger partial charge in [0, 0.05) is 25.7 Å². The molecule has 2 N–H and O–H groups in total. The predicted molar refractivity (Wildman–Crippen MR) is 91.0 cm³/mol. The molecule has 23 heavy (non-hydrogen) atoms. The van der Waals surface area contributed by atoms with Crippen LogP contribution in [0.5, 0.6) is 0 Å². The molecule has 2 rings (SSSR count). The highest BCUT2D eigenvalue weighted by Crippen LogP contribution is 2.17. The number of hydrogen-bond donors (Lipinski definition) is 2. The van der Waals surface area contributed by atoms with Gasteiger partial charge in [0.05, 0.1) is 5.92 Å². The standard InChI is InChI=1S/C18H27N3O2/c1-13(2)20-18(23)21-10-4-5-16(12-21)17(22)19-11-15-8-6-14(3)7-9-15/h6-9,13,16H,4-5,10-12H2,1-3H3,(H,19,22)(H,20,23). The molecule has 0 saturated carbocycles. The Kier molecular flexibility index (Phi) is 6.02. The van der Waals surface area contributed by atoms with E-state index in [0.717, 1.165) is 24.9 Å². The van der Waals surface area contributed by atoms with Crippen molar-refractivity contribution in [3.05, 3.63) is 35.4 Å². The first-order valence-electron chi connectivity index (χ1n) is 8.34. The molecular formula is C18H27N3O2. The molecule has 0 radical (unpaired) electrons. The molecule has 1 heterocycles. The highest BCUT2D eigenvalue weighted by Gasteiger charge is 2.28. The zero-order valence-electron chi connectivity index (χ0n) is 14.3. The van der Waals surface area contributed by atoms with E-state index in [1.165, 1.54) is 5.56 Å². The molecule has 0 spiro atoms. The predicted octanol–water partition coefficient (Wildman–Crippen LogP) is 2.44. The minimum Gasteiger partial charge on any atom is -0.352 e. The molecule has 3 amide bonds. The Labute approximate surface area is 138 Å². The van der Waals surface area contributed by atoms with Gasteiger partial charge in [0.2, 0.25) is 5.91 Å². The molecule has 1 unspecified atom stereocenters. The monoisotopic (exact) mass is 317 g/mol. The zero-order chi connectivity index (χ0) is 16.8. The topological polar surface area (TPSA) is 61.4 Å². The summed E-state index contributed by atoms with van der Waals surface area (Å²) in [6.45, 7) is 7.68. The molecule has 126 valence electrons. The number of amides is 3. The van der Waals surface area contributed by atoms with Crippen molar-refractivity contribution in [2.24, 2.45) is 5.92 Å². The Bertz CT molecular complexity index is 540. The molecule has 0 bridgehead atoms. The van der Waals surface area contributed by atoms with E-state index in [1.807, 2.05) is 45.0 Å². The van der Waals surface area contributed by atoms with Crippen molar-refractivity contribution in [1.82, 2.24) is 15.5 Å². The fourth-order valence-electron chi connectivity index (χ4n) is 2.75. The number of aryl methyl sites for hydroxylation is 1. The zero-order valence-corrected chi connectivity index (χ0v) is 14.3. The molecule has 1 fully saturated rings. The van der Waals surface area contributed by atoms with Crippen molar-refractivity contribution in [3.8, 4) is 0 Å². The minimum absolute atomic E-state index is 0.0348. The highest BCUT2D eigenvalue weighted by molar-refractivity contribution is 5.80. The summed E-state index contributed by atoms with van der Waals surface area (Å²) in [6, 6.07) is 8.17. The van der Waals surface area contributed by atoms with Gasteiger partial charge in [0.15, 0.2) is 0 Å². The molecular weight excluding hydrogens is 290 g/mol. The molecule has 1 aromatic rings. The first-order chi connectivity index (χ1) is 11.0. The third-order valence-electron chi connectivity index (χ3n) is 4.08. The van der Waals surface area contributed by atoms with Gasteiger partial charge in [0.25, 0.3) is 0 Å². The number of hydrogen-bond acceptors (Lipinski definition) is 2. The average Bonchev–Trinajstić information content (AvgIpc) is 2.53. The maximum atomic E-state index is 12.4. The van der Waals surface area contributed by atoms with Crippen LogP contribution in [0.3, 0.4) is 0 Å². The van der Waals surface area contributed by atoms with E-state index < -0.39 is 0 Å². The van der Waals surface area contributed by atoms with E-state index in [1.54, 1.807) is 4.90 Å². The largest absolute Gasteiger partial charge is 0.352 e. The van der Waals surface area contributed by atoms with E-state index in [2.05, 4.69) is 10.6 Å². The quantitative estimate of drug-likeness (QED) is 0.896. The third kappa shape index (κ3) is 5.27. The van der Waals surface area contributed by atoms with Crippen LogP contribution in [0.25, 0.3) is 0 Å². The van der Waals surface area contributed by atoms with E-state index in [-0.39, 0.29) is 23.9 Å². The van der Waals surface area contributed by atoms with Gasteiger partial charge < -0.3 is 15.5 Å². The normalized spacial score (nSPS) is 17.9. The summed E-state index contributed by atoms with van der Waals surface area (Å²) >= 11 is 0. The smallest absolute Gasteiger partial charge is 0.317 e. The molecule has 1 aliphatic rings. The summed E-state index contributed by atoms with van der Waals surface area (Å²) in [5, 5.41) is 5.88. The number of benzene rings is 1. The molecule has 0 aliphatic carbocycles. The van der Waals surface area contributed by atoms with E-state index in [0.29, 0.717) is 13.1 Å². The van der Waals surface area contributed by atoms with Crippen LogP contribution < -0.4 is 10.6 Å². The number of urea groups is 1. The lowest BCUT2D eigenvalue weighted by atomic mass is 9.97. The maximum Gasteiger partial charge on any atom is 0.317 e. The Balaban J connectivity index is 1.84. The van der Waals surface area contributed by atoms with Gasteiger partial charge in [-0.1, -0.05) is 29.8 Å². The van der Waals surface area contributed by atoms with Crippen LogP contribution in [0.1, 0.15) is 37.8 Å². The summed E-state index contributed by atoms with van der Waals surface area (Å²) in [7, 11) is 0. The molecule has 1 aromatic carbocycles. The molecule has 0 aromatic heterocycles. The number of likely N-dealkylation sites (tertiary alicyclic amines) is 1. The fraction of sp³-hybridized carbons (Fsp3) is 0.556. The second kappa shape index (κ2) is 7.99. The number of rotatable bonds is 4. The van der Waals surface area contributed by atoms with Gasteiger partial charge in [-0.05, 0) is 39.2 Å². The van der Waals surface area contributed by atoms with Gasteiger partial charge in [-0.3, -0.25) is 4.79 Å². The first-order valence-corrected chi connectivity index (χ1v) is 8.34. The number of carbonyl (C=O) groups excluding carboxylic acids is 2. The van der Waals surface area contributed by atoms with Crippen molar-refractivity contribution in [2.75, 3.05) is 13.1 Å². The Morgan fingerprint density at radius 3 is 2.61 bits per heavy atom.